The zero-order valence-corrected chi connectivity index (χ0v) is 9.28. The molecule has 2 fully saturated rings. The van der Waals surface area contributed by atoms with Crippen molar-refractivity contribution in [2.45, 2.75) is 38.5 Å². The zero-order chi connectivity index (χ0) is 10.7. The SMILES string of the molecule is C=CC(=O)OCCC1CCC2CCCC21. The third kappa shape index (κ3) is 2.42. The van der Waals surface area contributed by atoms with E-state index in [1.165, 1.54) is 38.2 Å². The molecule has 2 aliphatic rings. The Morgan fingerprint density at radius 1 is 1.33 bits per heavy atom. The van der Waals surface area contributed by atoms with Crippen molar-refractivity contribution in [1.29, 1.82) is 0 Å². The molecule has 2 aliphatic carbocycles. The van der Waals surface area contributed by atoms with Gasteiger partial charge in [0.05, 0.1) is 6.61 Å². The van der Waals surface area contributed by atoms with Crippen molar-refractivity contribution in [2.75, 3.05) is 6.61 Å². The van der Waals surface area contributed by atoms with Crippen LogP contribution in [0.15, 0.2) is 12.7 Å². The van der Waals surface area contributed by atoms with Crippen molar-refractivity contribution in [3.05, 3.63) is 12.7 Å². The van der Waals surface area contributed by atoms with E-state index in [1.807, 2.05) is 0 Å². The van der Waals surface area contributed by atoms with Crippen molar-refractivity contribution in [2.24, 2.45) is 17.8 Å². The number of hydrogen-bond acceptors (Lipinski definition) is 2. The first-order valence-electron chi connectivity index (χ1n) is 6.10. The Labute approximate surface area is 91.7 Å². The molecule has 0 spiro atoms. The van der Waals surface area contributed by atoms with Gasteiger partial charge in [-0.15, -0.1) is 0 Å². The van der Waals surface area contributed by atoms with Gasteiger partial charge in [-0.25, -0.2) is 4.79 Å². The van der Waals surface area contributed by atoms with Crippen LogP contribution in [0.4, 0.5) is 0 Å². The molecule has 3 unspecified atom stereocenters. The second-order valence-corrected chi connectivity index (χ2v) is 4.85. The fourth-order valence-electron chi connectivity index (χ4n) is 3.41. The monoisotopic (exact) mass is 208 g/mol. The summed E-state index contributed by atoms with van der Waals surface area (Å²) in [7, 11) is 0. The molecule has 0 radical (unpaired) electrons. The van der Waals surface area contributed by atoms with Gasteiger partial charge in [-0.3, -0.25) is 0 Å². The van der Waals surface area contributed by atoms with E-state index in [1.54, 1.807) is 0 Å². The quantitative estimate of drug-likeness (QED) is 0.524. The molecule has 0 amide bonds. The number of esters is 1. The average Bonchev–Trinajstić information content (AvgIpc) is 2.81. The minimum atomic E-state index is -0.282. The van der Waals surface area contributed by atoms with Gasteiger partial charge < -0.3 is 4.74 Å². The maximum Gasteiger partial charge on any atom is 0.330 e. The van der Waals surface area contributed by atoms with E-state index in [-0.39, 0.29) is 5.97 Å². The lowest BCUT2D eigenvalue weighted by atomic mass is 9.90. The first-order valence-corrected chi connectivity index (χ1v) is 6.10. The van der Waals surface area contributed by atoms with E-state index in [4.69, 9.17) is 4.74 Å². The van der Waals surface area contributed by atoms with Crippen LogP contribution in [0.25, 0.3) is 0 Å². The van der Waals surface area contributed by atoms with Crippen molar-refractivity contribution in [1.82, 2.24) is 0 Å². The molecule has 2 heteroatoms. The summed E-state index contributed by atoms with van der Waals surface area (Å²) in [4.78, 5) is 10.9. The number of hydrogen-bond donors (Lipinski definition) is 0. The van der Waals surface area contributed by atoms with Gasteiger partial charge in [0, 0.05) is 6.08 Å². The van der Waals surface area contributed by atoms with E-state index in [9.17, 15) is 4.79 Å². The molecule has 0 aromatic carbocycles. The number of carbonyl (C=O) groups excluding carboxylic acids is 1. The number of fused-ring (bicyclic) bond motifs is 1. The molecular weight excluding hydrogens is 188 g/mol. The van der Waals surface area contributed by atoms with Gasteiger partial charge in [-0.05, 0) is 43.4 Å². The standard InChI is InChI=1S/C13H20O2/c1-2-13(14)15-9-8-11-7-6-10-4-3-5-12(10)11/h2,10-12H,1,3-9H2. The number of ether oxygens (including phenoxy) is 1. The van der Waals surface area contributed by atoms with Crippen LogP contribution in [0.5, 0.6) is 0 Å². The predicted molar refractivity (Wildman–Crippen MR) is 59.3 cm³/mol. The second kappa shape index (κ2) is 4.82. The molecule has 0 heterocycles. The molecule has 84 valence electrons. The van der Waals surface area contributed by atoms with Crippen molar-refractivity contribution < 1.29 is 9.53 Å². The molecule has 0 aliphatic heterocycles. The Kier molecular flexibility index (Phi) is 3.45. The molecule has 2 rings (SSSR count). The van der Waals surface area contributed by atoms with Crippen LogP contribution in [0.2, 0.25) is 0 Å². The van der Waals surface area contributed by atoms with Crippen LogP contribution < -0.4 is 0 Å². The average molecular weight is 208 g/mol. The largest absolute Gasteiger partial charge is 0.463 e. The Morgan fingerprint density at radius 2 is 2.20 bits per heavy atom. The summed E-state index contributed by atoms with van der Waals surface area (Å²) in [5.74, 6) is 2.46. The highest BCUT2D eigenvalue weighted by Crippen LogP contribution is 2.48. The van der Waals surface area contributed by atoms with Crippen molar-refractivity contribution in [3.8, 4) is 0 Å². The summed E-state index contributed by atoms with van der Waals surface area (Å²) in [5, 5.41) is 0. The topological polar surface area (TPSA) is 26.3 Å². The van der Waals surface area contributed by atoms with Crippen LogP contribution in [-0.4, -0.2) is 12.6 Å². The molecular formula is C13H20O2. The summed E-state index contributed by atoms with van der Waals surface area (Å²) in [6.45, 7) is 3.97. The van der Waals surface area contributed by atoms with Gasteiger partial charge in [-0.1, -0.05) is 19.4 Å². The first kappa shape index (κ1) is 10.7. The van der Waals surface area contributed by atoms with E-state index in [2.05, 4.69) is 6.58 Å². The molecule has 0 saturated heterocycles. The third-order valence-electron chi connectivity index (χ3n) is 4.13. The predicted octanol–water partition coefficient (Wildman–Crippen LogP) is 2.93. The van der Waals surface area contributed by atoms with Crippen LogP contribution in [-0.2, 0) is 9.53 Å². The lowest BCUT2D eigenvalue weighted by Gasteiger charge is -2.17. The molecule has 0 bridgehead atoms. The van der Waals surface area contributed by atoms with E-state index in [0.29, 0.717) is 6.61 Å². The molecule has 0 aromatic rings. The number of rotatable bonds is 4. The lowest BCUT2D eigenvalue weighted by molar-refractivity contribution is -0.138. The van der Waals surface area contributed by atoms with Gasteiger partial charge in [0.1, 0.15) is 0 Å². The van der Waals surface area contributed by atoms with Gasteiger partial charge in [0.25, 0.3) is 0 Å². The Hall–Kier alpha value is -0.790. The normalized spacial score (nSPS) is 33.7. The Balaban J connectivity index is 1.71. The van der Waals surface area contributed by atoms with Crippen LogP contribution >= 0.6 is 0 Å². The summed E-state index contributed by atoms with van der Waals surface area (Å²) >= 11 is 0. The van der Waals surface area contributed by atoms with Crippen molar-refractivity contribution >= 4 is 5.97 Å². The summed E-state index contributed by atoms with van der Waals surface area (Å²) in [6, 6.07) is 0. The fourth-order valence-corrected chi connectivity index (χ4v) is 3.41. The van der Waals surface area contributed by atoms with Gasteiger partial charge >= 0.3 is 5.97 Å². The molecule has 15 heavy (non-hydrogen) atoms. The minimum absolute atomic E-state index is 0.282. The van der Waals surface area contributed by atoms with E-state index < -0.39 is 0 Å². The molecule has 2 nitrogen and oxygen atoms in total. The van der Waals surface area contributed by atoms with E-state index >= 15 is 0 Å². The maximum absolute atomic E-state index is 10.9. The lowest BCUT2D eigenvalue weighted by Crippen LogP contribution is -2.13. The molecule has 0 aromatic heterocycles. The van der Waals surface area contributed by atoms with Crippen molar-refractivity contribution in [3.63, 3.8) is 0 Å². The Bertz CT molecular complexity index is 247. The van der Waals surface area contributed by atoms with Gasteiger partial charge in [-0.2, -0.15) is 0 Å². The van der Waals surface area contributed by atoms with Crippen LogP contribution in [0.1, 0.15) is 38.5 Å². The fraction of sp³-hybridized carbons (Fsp3) is 0.769. The van der Waals surface area contributed by atoms with Gasteiger partial charge in [0.2, 0.25) is 0 Å². The number of carbonyl (C=O) groups is 1. The summed E-state index contributed by atoms with van der Waals surface area (Å²) < 4.78 is 5.04. The van der Waals surface area contributed by atoms with Crippen LogP contribution in [0.3, 0.4) is 0 Å². The summed E-state index contributed by atoms with van der Waals surface area (Å²) in [5.41, 5.74) is 0. The van der Waals surface area contributed by atoms with E-state index in [0.717, 1.165) is 24.2 Å². The first-order chi connectivity index (χ1) is 7.31. The zero-order valence-electron chi connectivity index (χ0n) is 9.28. The molecule has 0 N–H and O–H groups in total. The molecule has 2 saturated carbocycles. The Morgan fingerprint density at radius 3 is 3.00 bits per heavy atom. The van der Waals surface area contributed by atoms with Gasteiger partial charge in [0.15, 0.2) is 0 Å². The van der Waals surface area contributed by atoms with Crippen LogP contribution in [0, 0.1) is 17.8 Å². The smallest absolute Gasteiger partial charge is 0.330 e. The maximum atomic E-state index is 10.9. The minimum Gasteiger partial charge on any atom is -0.463 e. The highest BCUT2D eigenvalue weighted by atomic mass is 16.5. The second-order valence-electron chi connectivity index (χ2n) is 4.85. The molecule has 3 atom stereocenters. The highest BCUT2D eigenvalue weighted by molar-refractivity contribution is 5.81. The third-order valence-corrected chi connectivity index (χ3v) is 4.13. The highest BCUT2D eigenvalue weighted by Gasteiger charge is 2.38. The summed E-state index contributed by atoms with van der Waals surface area (Å²) in [6.07, 6.45) is 9.32.